The molecule has 2 aromatic carbocycles. The van der Waals surface area contributed by atoms with Crippen molar-refractivity contribution in [2.24, 2.45) is 22.1 Å². The molecule has 0 aliphatic heterocycles. The standard InChI is InChI=1S/C33H45N5O4.Na/c1-5-9-16-24(7-3)22-37(23-25(8-4)17-10-6-2)31(39)27-20-14-15-21-28(27)34-35-29-30(33(41)42)36-38(32(29)40)26-18-12-11-13-19-26;/h11-15,18-21,24-25,36H,5-10,16-17,22-23H2,1-4H3,(H,41,42);/q;+1/p-1. The number of nitrogens with zero attached hydrogens (tertiary/aromatic N) is 4. The van der Waals surface area contributed by atoms with E-state index in [1.807, 2.05) is 4.90 Å². The van der Waals surface area contributed by atoms with E-state index < -0.39 is 22.9 Å². The van der Waals surface area contributed by atoms with Gasteiger partial charge in [0.25, 0.3) is 11.5 Å². The van der Waals surface area contributed by atoms with Gasteiger partial charge in [-0.15, -0.1) is 10.2 Å². The van der Waals surface area contributed by atoms with Crippen LogP contribution in [-0.4, -0.2) is 39.6 Å². The Morgan fingerprint density at radius 1 is 0.860 bits per heavy atom. The second-order valence-electron chi connectivity index (χ2n) is 10.9. The van der Waals surface area contributed by atoms with Gasteiger partial charge < -0.3 is 14.8 Å². The molecule has 0 spiro atoms. The maximum Gasteiger partial charge on any atom is 1.00 e. The molecular weight excluding hydrogens is 553 g/mol. The normalized spacial score (nSPS) is 12.6. The van der Waals surface area contributed by atoms with E-state index in [4.69, 9.17) is 0 Å². The number of carbonyl (C=O) groups excluding carboxylic acids is 2. The van der Waals surface area contributed by atoms with Crippen molar-refractivity contribution in [2.45, 2.75) is 79.1 Å². The largest absolute Gasteiger partial charge is 1.00 e. The third-order valence-electron chi connectivity index (χ3n) is 7.81. The smallest absolute Gasteiger partial charge is 0.543 e. The summed E-state index contributed by atoms with van der Waals surface area (Å²) < 4.78 is 1.08. The van der Waals surface area contributed by atoms with Crippen LogP contribution in [0.2, 0.25) is 0 Å². The fraction of sp³-hybridized carbons (Fsp3) is 0.485. The van der Waals surface area contributed by atoms with E-state index in [1.165, 1.54) is 0 Å². The van der Waals surface area contributed by atoms with Crippen LogP contribution in [0.3, 0.4) is 0 Å². The number of unbranched alkanes of at least 4 members (excludes halogenated alkanes) is 2. The summed E-state index contributed by atoms with van der Waals surface area (Å²) >= 11 is 0. The second kappa shape index (κ2) is 18.6. The van der Waals surface area contributed by atoms with Crippen molar-refractivity contribution >= 4 is 23.3 Å². The summed E-state index contributed by atoms with van der Waals surface area (Å²) in [4.78, 5) is 41.1. The first-order valence-corrected chi connectivity index (χ1v) is 15.3. The predicted octanol–water partition coefficient (Wildman–Crippen LogP) is 3.82. The molecule has 3 rings (SSSR count). The Bertz CT molecular complexity index is 1370. The van der Waals surface area contributed by atoms with Gasteiger partial charge in [0, 0.05) is 13.1 Å². The monoisotopic (exact) mass is 597 g/mol. The van der Waals surface area contributed by atoms with E-state index in [9.17, 15) is 19.5 Å². The number of rotatable bonds is 17. The third-order valence-corrected chi connectivity index (χ3v) is 7.81. The molecule has 1 N–H and O–H groups in total. The number of azo groups is 1. The number of carboxylic acid groups (broad SMARTS) is 1. The molecule has 0 radical (unpaired) electrons. The van der Waals surface area contributed by atoms with Gasteiger partial charge in [0.05, 0.1) is 22.9 Å². The maximum absolute atomic E-state index is 14.1. The van der Waals surface area contributed by atoms with Gasteiger partial charge in [-0.25, -0.2) is 4.68 Å². The first kappa shape index (κ1) is 36.2. The van der Waals surface area contributed by atoms with Crippen molar-refractivity contribution in [3.05, 3.63) is 76.2 Å². The first-order valence-electron chi connectivity index (χ1n) is 15.3. The topological polar surface area (TPSA) is 123 Å². The Morgan fingerprint density at radius 3 is 1.95 bits per heavy atom. The summed E-state index contributed by atoms with van der Waals surface area (Å²) in [6.07, 6.45) is 8.58. The summed E-state index contributed by atoms with van der Waals surface area (Å²) in [6.45, 7) is 10.0. The molecule has 1 heterocycles. The fourth-order valence-corrected chi connectivity index (χ4v) is 5.14. The van der Waals surface area contributed by atoms with Gasteiger partial charge in [0.1, 0.15) is 5.69 Å². The Morgan fingerprint density at radius 2 is 1.42 bits per heavy atom. The molecule has 0 fully saturated rings. The van der Waals surface area contributed by atoms with Crippen LogP contribution in [0.25, 0.3) is 5.69 Å². The minimum absolute atomic E-state index is 0. The van der Waals surface area contributed by atoms with Gasteiger partial charge in [-0.3, -0.25) is 14.7 Å². The number of aromatic carboxylic acids is 1. The van der Waals surface area contributed by atoms with Crippen LogP contribution < -0.4 is 40.2 Å². The average Bonchev–Trinajstić information content (AvgIpc) is 3.35. The first-order chi connectivity index (χ1) is 20.3. The van der Waals surface area contributed by atoms with Crippen LogP contribution >= 0.6 is 0 Å². The summed E-state index contributed by atoms with van der Waals surface area (Å²) in [5.41, 5.74) is -0.480. The van der Waals surface area contributed by atoms with Crippen molar-refractivity contribution in [1.82, 2.24) is 14.7 Å². The van der Waals surface area contributed by atoms with Crippen LogP contribution in [0.1, 0.15) is 99.9 Å². The van der Waals surface area contributed by atoms with Crippen molar-refractivity contribution in [1.29, 1.82) is 0 Å². The predicted molar refractivity (Wildman–Crippen MR) is 164 cm³/mol. The zero-order chi connectivity index (χ0) is 30.5. The molecule has 0 saturated heterocycles. The number of hydrogen-bond donors (Lipinski definition) is 1. The van der Waals surface area contributed by atoms with Crippen LogP contribution in [0.15, 0.2) is 69.6 Å². The van der Waals surface area contributed by atoms with Gasteiger partial charge in [-0.05, 0) is 48.9 Å². The van der Waals surface area contributed by atoms with E-state index in [0.717, 1.165) is 56.0 Å². The Balaban J connectivity index is 0.00000645. The van der Waals surface area contributed by atoms with Crippen LogP contribution in [0.4, 0.5) is 11.4 Å². The number of benzene rings is 2. The fourth-order valence-electron chi connectivity index (χ4n) is 5.14. The van der Waals surface area contributed by atoms with Crippen LogP contribution in [0, 0.1) is 11.8 Å². The Hall–Kier alpha value is -3.01. The molecule has 0 aliphatic rings. The number of aromatic nitrogens is 2. The van der Waals surface area contributed by atoms with Gasteiger partial charge in [0.2, 0.25) is 0 Å². The molecule has 2 atom stereocenters. The number of hydrogen-bond acceptors (Lipinski definition) is 6. The van der Waals surface area contributed by atoms with Crippen molar-refractivity contribution in [2.75, 3.05) is 13.1 Å². The van der Waals surface area contributed by atoms with Crippen LogP contribution in [-0.2, 0) is 0 Å². The number of para-hydroxylation sites is 1. The van der Waals surface area contributed by atoms with Gasteiger partial charge >= 0.3 is 29.6 Å². The van der Waals surface area contributed by atoms with Gasteiger partial charge in [0.15, 0.2) is 5.69 Å². The summed E-state index contributed by atoms with van der Waals surface area (Å²) in [6, 6.07) is 15.4. The minimum atomic E-state index is -1.58. The summed E-state index contributed by atoms with van der Waals surface area (Å²) in [7, 11) is 0. The molecule has 226 valence electrons. The van der Waals surface area contributed by atoms with E-state index >= 15 is 0 Å². The summed E-state index contributed by atoms with van der Waals surface area (Å²) in [5, 5.41) is 22.7. The van der Waals surface area contributed by atoms with E-state index in [2.05, 4.69) is 43.0 Å². The molecule has 0 saturated carbocycles. The molecule has 9 nitrogen and oxygen atoms in total. The van der Waals surface area contributed by atoms with Gasteiger partial charge in [-0.1, -0.05) is 96.6 Å². The molecule has 0 aliphatic carbocycles. The van der Waals surface area contributed by atoms with E-state index in [1.54, 1.807) is 54.6 Å². The summed E-state index contributed by atoms with van der Waals surface area (Å²) in [5.74, 6) is -0.923. The quantitative estimate of drug-likeness (QED) is 0.188. The van der Waals surface area contributed by atoms with Gasteiger partial charge in [-0.2, -0.15) is 0 Å². The number of H-pyrrole nitrogens is 1. The average molecular weight is 598 g/mol. The van der Waals surface area contributed by atoms with Crippen molar-refractivity contribution in [3.63, 3.8) is 0 Å². The van der Waals surface area contributed by atoms with Crippen molar-refractivity contribution < 1.29 is 44.3 Å². The zero-order valence-corrected chi connectivity index (χ0v) is 28.3. The molecule has 3 aromatic rings. The molecule has 0 bridgehead atoms. The molecule has 2 unspecified atom stereocenters. The number of carbonyl (C=O) groups is 2. The second-order valence-corrected chi connectivity index (χ2v) is 10.9. The molecule has 10 heteroatoms. The molecular formula is C33H44N5NaO4. The molecule has 43 heavy (non-hydrogen) atoms. The third kappa shape index (κ3) is 10.0. The van der Waals surface area contributed by atoms with E-state index in [-0.39, 0.29) is 41.2 Å². The maximum atomic E-state index is 14.1. The van der Waals surface area contributed by atoms with Crippen LogP contribution in [0.5, 0.6) is 0 Å². The number of aromatic amines is 1. The zero-order valence-electron chi connectivity index (χ0n) is 26.3. The number of amides is 1. The Labute approximate surface area is 277 Å². The minimum Gasteiger partial charge on any atom is -0.543 e. The SMILES string of the molecule is CCCCC(CC)CN(CC(CC)CCCC)C(=O)c1ccccc1N=Nc1c(C(=O)[O-])[nH]n(-c2ccccc2)c1=O.[Na+]. The molecule has 1 amide bonds. The molecule has 1 aromatic heterocycles. The van der Waals surface area contributed by atoms with Crippen molar-refractivity contribution in [3.8, 4) is 5.69 Å². The van der Waals surface area contributed by atoms with E-state index in [0.29, 0.717) is 36.2 Å². The number of carboxylic acids is 1. The Kier molecular flexibility index (Phi) is 15.7. The number of nitrogens with one attached hydrogen (secondary N) is 1.